The molecule has 1 amide bonds. The van der Waals surface area contributed by atoms with Crippen molar-refractivity contribution < 1.29 is 28.5 Å². The largest absolute Gasteiger partial charge is 0.494 e. The first-order chi connectivity index (χ1) is 17.7. The Kier molecular flexibility index (Phi) is 9.58. The van der Waals surface area contributed by atoms with Crippen LogP contribution in [0.5, 0.6) is 17.2 Å². The monoisotopic (exact) mass is 525 g/mol. The van der Waals surface area contributed by atoms with Crippen LogP contribution in [0.2, 0.25) is 0 Å². The molecule has 2 aromatic carbocycles. The summed E-state index contributed by atoms with van der Waals surface area (Å²) < 4.78 is 21.8. The molecule has 1 N–H and O–H groups in total. The highest BCUT2D eigenvalue weighted by molar-refractivity contribution is 7.15. The molecule has 3 rings (SSSR count). The van der Waals surface area contributed by atoms with E-state index < -0.39 is 5.97 Å². The Morgan fingerprint density at radius 2 is 1.68 bits per heavy atom. The van der Waals surface area contributed by atoms with E-state index in [0.717, 1.165) is 11.3 Å². The number of esters is 1. The van der Waals surface area contributed by atoms with Gasteiger partial charge >= 0.3 is 5.97 Å². The van der Waals surface area contributed by atoms with Crippen LogP contribution in [0.3, 0.4) is 0 Å². The van der Waals surface area contributed by atoms with Gasteiger partial charge in [0.1, 0.15) is 16.3 Å². The van der Waals surface area contributed by atoms with Crippen LogP contribution in [0, 0.1) is 0 Å². The molecule has 0 aliphatic carbocycles. The minimum atomic E-state index is -0.495. The molecule has 198 valence electrons. The molecule has 3 aromatic rings. The number of thiophene rings is 1. The fourth-order valence-corrected chi connectivity index (χ4v) is 4.71. The first kappa shape index (κ1) is 28.1. The second-order valence-corrected chi connectivity index (χ2v) is 10.3. The van der Waals surface area contributed by atoms with Gasteiger partial charge in [-0.3, -0.25) is 4.79 Å². The number of amides is 1. The van der Waals surface area contributed by atoms with E-state index in [1.54, 1.807) is 33.3 Å². The Morgan fingerprint density at radius 3 is 2.30 bits per heavy atom. The van der Waals surface area contributed by atoms with Gasteiger partial charge in [0.25, 0.3) is 0 Å². The van der Waals surface area contributed by atoms with E-state index in [1.807, 2.05) is 23.6 Å². The maximum absolute atomic E-state index is 12.8. The Bertz CT molecular complexity index is 1210. The molecule has 0 unspecified atom stereocenters. The number of methoxy groups -OCH3 is 2. The molecule has 0 saturated heterocycles. The van der Waals surface area contributed by atoms with E-state index in [4.69, 9.17) is 18.9 Å². The van der Waals surface area contributed by atoms with Gasteiger partial charge in [-0.05, 0) is 54.2 Å². The third kappa shape index (κ3) is 7.26. The molecule has 1 aromatic heterocycles. The zero-order chi connectivity index (χ0) is 27.0. The summed E-state index contributed by atoms with van der Waals surface area (Å²) in [4.78, 5) is 25.5. The third-order valence-corrected chi connectivity index (χ3v) is 6.65. The SMILES string of the molecule is CCOC(=O)c1c(-c2ccc(OC)c(OC)c2)csc1NC(=O)CCCOc1ccc(C(C)(C)C)cc1. The molecule has 0 saturated carbocycles. The number of carbonyl (C=O) groups excluding carboxylic acids is 2. The molecule has 7 nitrogen and oxygen atoms in total. The lowest BCUT2D eigenvalue weighted by atomic mass is 9.87. The fraction of sp³-hybridized carbons (Fsp3) is 0.379. The van der Waals surface area contributed by atoms with Crippen LogP contribution < -0.4 is 19.5 Å². The van der Waals surface area contributed by atoms with Crippen LogP contribution in [0.15, 0.2) is 47.8 Å². The highest BCUT2D eigenvalue weighted by Crippen LogP contribution is 2.39. The Balaban J connectivity index is 1.66. The van der Waals surface area contributed by atoms with Crippen molar-refractivity contribution in [1.29, 1.82) is 0 Å². The summed E-state index contributed by atoms with van der Waals surface area (Å²) in [6.45, 7) is 8.88. The number of ether oxygens (including phenoxy) is 4. The molecule has 0 atom stereocenters. The van der Waals surface area contributed by atoms with Gasteiger partial charge in [0.15, 0.2) is 11.5 Å². The van der Waals surface area contributed by atoms with Gasteiger partial charge in [-0.1, -0.05) is 39.0 Å². The number of hydrogen-bond acceptors (Lipinski definition) is 7. The number of rotatable bonds is 11. The second kappa shape index (κ2) is 12.6. The van der Waals surface area contributed by atoms with Crippen LogP contribution in [0.1, 0.15) is 56.5 Å². The van der Waals surface area contributed by atoms with Crippen LogP contribution in [0.4, 0.5) is 5.00 Å². The fourth-order valence-electron chi connectivity index (χ4n) is 3.74. The maximum atomic E-state index is 12.8. The average molecular weight is 526 g/mol. The highest BCUT2D eigenvalue weighted by Gasteiger charge is 2.23. The zero-order valence-electron chi connectivity index (χ0n) is 22.3. The molecular weight excluding hydrogens is 490 g/mol. The molecule has 0 spiro atoms. The van der Waals surface area contributed by atoms with Crippen molar-refractivity contribution in [2.75, 3.05) is 32.8 Å². The third-order valence-electron chi connectivity index (χ3n) is 5.76. The lowest BCUT2D eigenvalue weighted by Gasteiger charge is -2.19. The van der Waals surface area contributed by atoms with E-state index in [2.05, 4.69) is 38.2 Å². The Hall–Kier alpha value is -3.52. The minimum absolute atomic E-state index is 0.0835. The molecule has 1 heterocycles. The van der Waals surface area contributed by atoms with E-state index >= 15 is 0 Å². The summed E-state index contributed by atoms with van der Waals surface area (Å²) in [5.41, 5.74) is 3.05. The average Bonchev–Trinajstić information content (AvgIpc) is 3.29. The minimum Gasteiger partial charge on any atom is -0.494 e. The lowest BCUT2D eigenvalue weighted by molar-refractivity contribution is -0.116. The van der Waals surface area contributed by atoms with Crippen molar-refractivity contribution in [3.05, 3.63) is 59.0 Å². The van der Waals surface area contributed by atoms with Crippen LogP contribution in [0.25, 0.3) is 11.1 Å². The van der Waals surface area contributed by atoms with Gasteiger partial charge in [-0.25, -0.2) is 4.79 Å². The summed E-state index contributed by atoms with van der Waals surface area (Å²) in [7, 11) is 3.12. The van der Waals surface area contributed by atoms with Crippen molar-refractivity contribution in [2.45, 2.75) is 46.0 Å². The molecule has 0 bridgehead atoms. The molecule has 0 radical (unpaired) electrons. The first-order valence-electron chi connectivity index (χ1n) is 12.2. The quantitative estimate of drug-likeness (QED) is 0.221. The molecule has 8 heteroatoms. The topological polar surface area (TPSA) is 83.1 Å². The number of benzene rings is 2. The number of hydrogen-bond donors (Lipinski definition) is 1. The van der Waals surface area contributed by atoms with E-state index in [1.165, 1.54) is 16.9 Å². The standard InChI is InChI=1S/C29H35NO6S/c1-7-35-28(32)26-22(19-10-15-23(33-5)24(17-19)34-6)18-37-27(26)30-25(31)9-8-16-36-21-13-11-20(12-14-21)29(2,3)4/h10-15,17-18H,7-9,16H2,1-6H3,(H,30,31). The summed E-state index contributed by atoms with van der Waals surface area (Å²) in [6.07, 6.45) is 0.793. The Labute approximate surface area is 222 Å². The van der Waals surface area contributed by atoms with Gasteiger partial charge in [0.05, 0.1) is 27.4 Å². The molecule has 0 aliphatic heterocycles. The maximum Gasteiger partial charge on any atom is 0.341 e. The number of nitrogens with one attached hydrogen (secondary N) is 1. The summed E-state index contributed by atoms with van der Waals surface area (Å²) >= 11 is 1.28. The van der Waals surface area contributed by atoms with Crippen LogP contribution in [-0.2, 0) is 14.9 Å². The Morgan fingerprint density at radius 1 is 0.973 bits per heavy atom. The predicted octanol–water partition coefficient (Wildman–Crippen LogP) is 6.70. The summed E-state index contributed by atoms with van der Waals surface area (Å²) in [5.74, 6) is 1.21. The second-order valence-electron chi connectivity index (χ2n) is 9.42. The molecular formula is C29H35NO6S. The summed E-state index contributed by atoms with van der Waals surface area (Å²) in [6, 6.07) is 13.4. The smallest absolute Gasteiger partial charge is 0.341 e. The van der Waals surface area contributed by atoms with Gasteiger partial charge in [-0.15, -0.1) is 11.3 Å². The number of carbonyl (C=O) groups is 2. The normalized spacial score (nSPS) is 11.1. The highest BCUT2D eigenvalue weighted by atomic mass is 32.1. The predicted molar refractivity (Wildman–Crippen MR) is 147 cm³/mol. The van der Waals surface area contributed by atoms with Crippen molar-refractivity contribution in [2.24, 2.45) is 0 Å². The van der Waals surface area contributed by atoms with Gasteiger partial charge in [0, 0.05) is 17.4 Å². The van der Waals surface area contributed by atoms with Crippen molar-refractivity contribution in [3.63, 3.8) is 0 Å². The molecule has 37 heavy (non-hydrogen) atoms. The van der Waals surface area contributed by atoms with Crippen molar-refractivity contribution >= 4 is 28.2 Å². The lowest BCUT2D eigenvalue weighted by Crippen LogP contribution is -2.15. The molecule has 0 fully saturated rings. The van der Waals surface area contributed by atoms with E-state index in [9.17, 15) is 9.59 Å². The van der Waals surface area contributed by atoms with Gasteiger partial charge < -0.3 is 24.3 Å². The van der Waals surface area contributed by atoms with E-state index in [-0.39, 0.29) is 24.3 Å². The van der Waals surface area contributed by atoms with Crippen LogP contribution in [-0.4, -0.2) is 39.3 Å². The van der Waals surface area contributed by atoms with Crippen molar-refractivity contribution in [1.82, 2.24) is 0 Å². The van der Waals surface area contributed by atoms with Crippen molar-refractivity contribution in [3.8, 4) is 28.4 Å². The first-order valence-corrected chi connectivity index (χ1v) is 13.1. The number of anilines is 1. The molecule has 0 aliphatic rings. The zero-order valence-corrected chi connectivity index (χ0v) is 23.1. The van der Waals surface area contributed by atoms with E-state index in [0.29, 0.717) is 40.7 Å². The summed E-state index contributed by atoms with van der Waals surface area (Å²) in [5, 5.41) is 5.16. The van der Waals surface area contributed by atoms with Crippen LogP contribution >= 0.6 is 11.3 Å². The van der Waals surface area contributed by atoms with Gasteiger partial charge in [0.2, 0.25) is 5.91 Å². The van der Waals surface area contributed by atoms with Gasteiger partial charge in [-0.2, -0.15) is 0 Å².